The van der Waals surface area contributed by atoms with E-state index in [0.29, 0.717) is 19.4 Å². The number of thioether (sulfide) groups is 1. The predicted molar refractivity (Wildman–Crippen MR) is 85.7 cm³/mol. The van der Waals surface area contributed by atoms with E-state index in [2.05, 4.69) is 18.6 Å². The molecule has 1 rings (SSSR count). The summed E-state index contributed by atoms with van der Waals surface area (Å²) < 4.78 is 28.6. The van der Waals surface area contributed by atoms with Crippen molar-refractivity contribution in [1.29, 1.82) is 0 Å². The van der Waals surface area contributed by atoms with E-state index < -0.39 is 22.1 Å². The first-order valence-corrected chi connectivity index (χ1v) is 9.99. The minimum Gasteiger partial charge on any atom is -0.481 e. The number of carboxylic acids is 1. The molecular formula is C13H26N2O4S2. The van der Waals surface area contributed by atoms with Gasteiger partial charge in [0.1, 0.15) is 0 Å². The topological polar surface area (TPSA) is 86.7 Å². The van der Waals surface area contributed by atoms with Crippen LogP contribution in [0.4, 0.5) is 0 Å². The average Bonchev–Trinajstić information content (AvgIpc) is 2.49. The molecule has 0 saturated carbocycles. The SMILES string of the molecule is CCC(CC)(CNS(=O)(=O)N1CCC(C(=O)O)CC1)SC. The maximum absolute atomic E-state index is 12.3. The van der Waals surface area contributed by atoms with Gasteiger partial charge < -0.3 is 5.11 Å². The van der Waals surface area contributed by atoms with Crippen molar-refractivity contribution < 1.29 is 18.3 Å². The fourth-order valence-electron chi connectivity index (χ4n) is 2.52. The van der Waals surface area contributed by atoms with Gasteiger partial charge in [0, 0.05) is 24.4 Å². The normalized spacial score (nSPS) is 18.8. The lowest BCUT2D eigenvalue weighted by Crippen LogP contribution is -2.49. The van der Waals surface area contributed by atoms with Crippen molar-refractivity contribution >= 4 is 27.9 Å². The van der Waals surface area contributed by atoms with Gasteiger partial charge in [-0.2, -0.15) is 24.5 Å². The number of carboxylic acid groups (broad SMARTS) is 1. The summed E-state index contributed by atoms with van der Waals surface area (Å²) in [6.07, 6.45) is 4.55. The van der Waals surface area contributed by atoms with Gasteiger partial charge >= 0.3 is 5.97 Å². The molecule has 0 spiro atoms. The van der Waals surface area contributed by atoms with E-state index in [9.17, 15) is 13.2 Å². The molecule has 0 radical (unpaired) electrons. The van der Waals surface area contributed by atoms with Crippen LogP contribution in [-0.4, -0.2) is 54.4 Å². The quantitative estimate of drug-likeness (QED) is 0.701. The van der Waals surface area contributed by atoms with Crippen molar-refractivity contribution in [2.24, 2.45) is 5.92 Å². The fraction of sp³-hybridized carbons (Fsp3) is 0.923. The molecule has 0 aliphatic carbocycles. The van der Waals surface area contributed by atoms with Gasteiger partial charge in [-0.3, -0.25) is 4.79 Å². The minimum absolute atomic E-state index is 0.0769. The zero-order chi connectivity index (χ0) is 16.1. The monoisotopic (exact) mass is 338 g/mol. The fourth-order valence-corrected chi connectivity index (χ4v) is 4.74. The Bertz CT molecular complexity index is 433. The number of piperidine rings is 1. The molecular weight excluding hydrogens is 312 g/mol. The van der Waals surface area contributed by atoms with Crippen molar-refractivity contribution in [2.75, 3.05) is 25.9 Å². The summed E-state index contributed by atoms with van der Waals surface area (Å²) in [5.41, 5.74) is 0. The number of aliphatic carboxylic acids is 1. The Morgan fingerprint density at radius 2 is 1.86 bits per heavy atom. The van der Waals surface area contributed by atoms with Gasteiger partial charge in [0.15, 0.2) is 0 Å². The number of hydrogen-bond donors (Lipinski definition) is 2. The maximum atomic E-state index is 12.3. The molecule has 0 unspecified atom stereocenters. The van der Waals surface area contributed by atoms with Crippen molar-refractivity contribution in [2.45, 2.75) is 44.3 Å². The van der Waals surface area contributed by atoms with Crippen LogP contribution in [0.15, 0.2) is 0 Å². The summed E-state index contributed by atoms with van der Waals surface area (Å²) in [6.45, 7) is 5.08. The number of rotatable bonds is 8. The minimum atomic E-state index is -3.52. The molecule has 6 nitrogen and oxygen atoms in total. The molecule has 0 bridgehead atoms. The van der Waals surface area contributed by atoms with Gasteiger partial charge in [0.25, 0.3) is 10.2 Å². The van der Waals surface area contributed by atoms with E-state index in [0.717, 1.165) is 12.8 Å². The summed E-state index contributed by atoms with van der Waals surface area (Å²) in [6, 6.07) is 0. The molecule has 1 saturated heterocycles. The molecule has 1 heterocycles. The van der Waals surface area contributed by atoms with Crippen LogP contribution in [0.1, 0.15) is 39.5 Å². The van der Waals surface area contributed by atoms with Crippen LogP contribution in [-0.2, 0) is 15.0 Å². The van der Waals surface area contributed by atoms with Crippen molar-refractivity contribution in [1.82, 2.24) is 9.03 Å². The van der Waals surface area contributed by atoms with E-state index in [1.165, 1.54) is 4.31 Å². The number of carbonyl (C=O) groups is 1. The Labute approximate surface area is 131 Å². The highest BCUT2D eigenvalue weighted by Gasteiger charge is 2.33. The second-order valence-electron chi connectivity index (χ2n) is 5.43. The Morgan fingerprint density at radius 3 is 2.24 bits per heavy atom. The number of nitrogens with zero attached hydrogens (tertiary/aromatic N) is 1. The Balaban J connectivity index is 2.61. The van der Waals surface area contributed by atoms with Crippen molar-refractivity contribution in [3.05, 3.63) is 0 Å². The van der Waals surface area contributed by atoms with Crippen LogP contribution in [0, 0.1) is 5.92 Å². The lowest BCUT2D eigenvalue weighted by Gasteiger charge is -2.33. The van der Waals surface area contributed by atoms with Crippen LogP contribution in [0.3, 0.4) is 0 Å². The Hall–Kier alpha value is -0.310. The van der Waals surface area contributed by atoms with E-state index in [1.54, 1.807) is 11.8 Å². The largest absolute Gasteiger partial charge is 0.481 e. The van der Waals surface area contributed by atoms with Gasteiger partial charge in [0.2, 0.25) is 0 Å². The summed E-state index contributed by atoms with van der Waals surface area (Å²) in [4.78, 5) is 10.9. The molecule has 1 aliphatic heterocycles. The second kappa shape index (κ2) is 7.80. The molecule has 0 aromatic heterocycles. The van der Waals surface area contributed by atoms with Crippen molar-refractivity contribution in [3.8, 4) is 0 Å². The standard InChI is InChI=1S/C13H26N2O4S2/c1-4-13(5-2,20-3)10-14-21(18,19)15-8-6-11(7-9-15)12(16)17/h11,14H,4-10H2,1-3H3,(H,16,17). The van der Waals surface area contributed by atoms with Crippen LogP contribution in [0.2, 0.25) is 0 Å². The molecule has 0 aromatic rings. The average molecular weight is 338 g/mol. The van der Waals surface area contributed by atoms with Crippen LogP contribution in [0.5, 0.6) is 0 Å². The number of hydrogen-bond acceptors (Lipinski definition) is 4. The van der Waals surface area contributed by atoms with E-state index in [-0.39, 0.29) is 17.8 Å². The van der Waals surface area contributed by atoms with E-state index >= 15 is 0 Å². The van der Waals surface area contributed by atoms with Gasteiger partial charge in [0.05, 0.1) is 5.92 Å². The summed E-state index contributed by atoms with van der Waals surface area (Å²) in [5.74, 6) is -1.26. The highest BCUT2D eigenvalue weighted by Crippen LogP contribution is 2.30. The molecule has 8 heteroatoms. The third-order valence-corrected chi connectivity index (χ3v) is 7.58. The van der Waals surface area contributed by atoms with E-state index in [4.69, 9.17) is 5.11 Å². The van der Waals surface area contributed by atoms with E-state index in [1.807, 2.05) is 6.26 Å². The second-order valence-corrected chi connectivity index (χ2v) is 8.46. The Kier molecular flexibility index (Phi) is 6.96. The Morgan fingerprint density at radius 1 is 1.33 bits per heavy atom. The summed E-state index contributed by atoms with van der Waals surface area (Å²) in [7, 11) is -3.52. The third-order valence-electron chi connectivity index (χ3n) is 4.44. The van der Waals surface area contributed by atoms with Gasteiger partial charge in [-0.25, -0.2) is 4.72 Å². The molecule has 0 atom stereocenters. The van der Waals surface area contributed by atoms with Crippen LogP contribution >= 0.6 is 11.8 Å². The van der Waals surface area contributed by atoms with Crippen LogP contribution in [0.25, 0.3) is 0 Å². The van der Waals surface area contributed by atoms with Crippen molar-refractivity contribution in [3.63, 3.8) is 0 Å². The molecule has 0 aromatic carbocycles. The third kappa shape index (κ3) is 4.84. The molecule has 2 N–H and O–H groups in total. The summed E-state index contributed by atoms with van der Waals surface area (Å²) >= 11 is 1.69. The molecule has 1 fully saturated rings. The molecule has 0 amide bonds. The zero-order valence-electron chi connectivity index (χ0n) is 13.0. The van der Waals surface area contributed by atoms with Crippen LogP contribution < -0.4 is 4.72 Å². The first-order chi connectivity index (χ1) is 9.80. The van der Waals surface area contributed by atoms with Gasteiger partial charge in [-0.05, 0) is 31.9 Å². The lowest BCUT2D eigenvalue weighted by atomic mass is 9.99. The van der Waals surface area contributed by atoms with Gasteiger partial charge in [-0.15, -0.1) is 0 Å². The first kappa shape index (κ1) is 18.7. The zero-order valence-corrected chi connectivity index (χ0v) is 14.6. The molecule has 124 valence electrons. The lowest BCUT2D eigenvalue weighted by molar-refractivity contribution is -0.142. The van der Waals surface area contributed by atoms with Gasteiger partial charge in [-0.1, -0.05) is 13.8 Å². The smallest absolute Gasteiger partial charge is 0.306 e. The predicted octanol–water partition coefficient (Wildman–Crippen LogP) is 1.54. The highest BCUT2D eigenvalue weighted by molar-refractivity contribution is 8.00. The first-order valence-electron chi connectivity index (χ1n) is 7.33. The molecule has 1 aliphatic rings. The summed E-state index contributed by atoms with van der Waals surface area (Å²) in [5, 5.41) is 8.95. The highest BCUT2D eigenvalue weighted by atomic mass is 32.2. The number of nitrogens with one attached hydrogen (secondary N) is 1. The maximum Gasteiger partial charge on any atom is 0.306 e. The molecule has 21 heavy (non-hydrogen) atoms.